The summed E-state index contributed by atoms with van der Waals surface area (Å²) in [6.07, 6.45) is 2.90. The quantitative estimate of drug-likeness (QED) is 0.871. The molecule has 1 aliphatic rings. The fraction of sp³-hybridized carbons (Fsp3) is 0.562. The van der Waals surface area contributed by atoms with E-state index >= 15 is 0 Å². The number of hydrogen-bond acceptors (Lipinski definition) is 4. The molecule has 0 aromatic heterocycles. The second-order valence-corrected chi connectivity index (χ2v) is 8.02. The Hall–Kier alpha value is -1.60. The minimum absolute atomic E-state index is 0.110. The van der Waals surface area contributed by atoms with E-state index in [1.165, 1.54) is 4.31 Å². The average Bonchev–Trinajstić information content (AvgIpc) is 2.49. The highest BCUT2D eigenvalue weighted by Crippen LogP contribution is 2.20. The number of carbonyl (C=O) groups is 1. The second kappa shape index (κ2) is 7.31. The van der Waals surface area contributed by atoms with Gasteiger partial charge in [-0.05, 0) is 52.0 Å². The van der Waals surface area contributed by atoms with E-state index in [2.05, 4.69) is 17.3 Å². The summed E-state index contributed by atoms with van der Waals surface area (Å²) < 4.78 is 25.5. The van der Waals surface area contributed by atoms with E-state index in [0.29, 0.717) is 5.69 Å². The number of nitrogens with zero attached hydrogens (tertiary/aromatic N) is 2. The van der Waals surface area contributed by atoms with Crippen LogP contribution in [0.3, 0.4) is 0 Å². The van der Waals surface area contributed by atoms with Gasteiger partial charge in [-0.3, -0.25) is 9.10 Å². The first kappa shape index (κ1) is 17.7. The van der Waals surface area contributed by atoms with E-state index in [1.807, 2.05) is 6.07 Å². The smallest absolute Gasteiger partial charge is 0.243 e. The van der Waals surface area contributed by atoms with Crippen molar-refractivity contribution in [1.29, 1.82) is 0 Å². The SMILES string of the molecule is C[C@H](C(=O)NC1CCN(C)CC1)N(c1ccccc1)S(C)(=O)=O. The summed E-state index contributed by atoms with van der Waals surface area (Å²) in [4.78, 5) is 14.7. The molecule has 0 unspecified atom stereocenters. The molecule has 23 heavy (non-hydrogen) atoms. The molecule has 2 rings (SSSR count). The van der Waals surface area contributed by atoms with Gasteiger partial charge >= 0.3 is 0 Å². The minimum atomic E-state index is -3.55. The van der Waals surface area contributed by atoms with Crippen LogP contribution in [0.15, 0.2) is 30.3 Å². The van der Waals surface area contributed by atoms with Gasteiger partial charge in [0, 0.05) is 6.04 Å². The number of anilines is 1. The van der Waals surface area contributed by atoms with Gasteiger partial charge in [0.05, 0.1) is 11.9 Å². The zero-order chi connectivity index (χ0) is 17.0. The van der Waals surface area contributed by atoms with Crippen LogP contribution in [0.25, 0.3) is 0 Å². The highest BCUT2D eigenvalue weighted by atomic mass is 32.2. The predicted molar refractivity (Wildman–Crippen MR) is 91.9 cm³/mol. The van der Waals surface area contributed by atoms with Crippen LogP contribution in [0, 0.1) is 0 Å². The molecule has 1 heterocycles. The molecule has 1 amide bonds. The molecule has 1 aromatic carbocycles. The van der Waals surface area contributed by atoms with Gasteiger partial charge in [-0.15, -0.1) is 0 Å². The fourth-order valence-corrected chi connectivity index (χ4v) is 4.03. The highest BCUT2D eigenvalue weighted by molar-refractivity contribution is 7.92. The molecule has 0 radical (unpaired) electrons. The van der Waals surface area contributed by atoms with Crippen LogP contribution >= 0.6 is 0 Å². The Balaban J connectivity index is 2.11. The lowest BCUT2D eigenvalue weighted by molar-refractivity contribution is -0.122. The Morgan fingerprint density at radius 1 is 1.26 bits per heavy atom. The van der Waals surface area contributed by atoms with Gasteiger partial charge < -0.3 is 10.2 Å². The molecule has 0 aliphatic carbocycles. The zero-order valence-electron chi connectivity index (χ0n) is 13.9. The van der Waals surface area contributed by atoms with Crippen molar-refractivity contribution in [2.45, 2.75) is 31.8 Å². The molecule has 7 heteroatoms. The molecule has 0 bridgehead atoms. The van der Waals surface area contributed by atoms with Gasteiger partial charge in [-0.2, -0.15) is 0 Å². The maximum atomic E-state index is 12.5. The number of carbonyl (C=O) groups excluding carboxylic acids is 1. The zero-order valence-corrected chi connectivity index (χ0v) is 14.7. The Bertz CT molecular complexity index is 625. The van der Waals surface area contributed by atoms with Gasteiger partial charge in [0.1, 0.15) is 6.04 Å². The van der Waals surface area contributed by atoms with E-state index in [9.17, 15) is 13.2 Å². The van der Waals surface area contributed by atoms with Gasteiger partial charge in [-0.25, -0.2) is 8.42 Å². The van der Waals surface area contributed by atoms with E-state index < -0.39 is 16.1 Å². The summed E-state index contributed by atoms with van der Waals surface area (Å²) in [6, 6.07) is 8.04. The van der Waals surface area contributed by atoms with Gasteiger partial charge in [0.25, 0.3) is 0 Å². The first-order valence-electron chi connectivity index (χ1n) is 7.82. The van der Waals surface area contributed by atoms with Crippen LogP contribution in [0.1, 0.15) is 19.8 Å². The second-order valence-electron chi connectivity index (χ2n) is 6.16. The van der Waals surface area contributed by atoms with Crippen molar-refractivity contribution in [3.05, 3.63) is 30.3 Å². The van der Waals surface area contributed by atoms with Crippen molar-refractivity contribution in [1.82, 2.24) is 10.2 Å². The van der Waals surface area contributed by atoms with Gasteiger partial charge in [0.2, 0.25) is 15.9 Å². The van der Waals surface area contributed by atoms with E-state index in [4.69, 9.17) is 0 Å². The third-order valence-electron chi connectivity index (χ3n) is 4.16. The number of para-hydroxylation sites is 1. The Morgan fingerprint density at radius 2 is 1.83 bits per heavy atom. The van der Waals surface area contributed by atoms with Crippen LogP contribution in [-0.4, -0.2) is 57.7 Å². The molecule has 1 aliphatic heterocycles. The van der Waals surface area contributed by atoms with Crippen LogP contribution in [0.2, 0.25) is 0 Å². The maximum absolute atomic E-state index is 12.5. The molecular formula is C16H25N3O3S. The third kappa shape index (κ3) is 4.68. The van der Waals surface area contributed by atoms with Crippen LogP contribution in [0.5, 0.6) is 0 Å². The number of benzene rings is 1. The normalized spacial score (nSPS) is 18.4. The average molecular weight is 339 g/mol. The largest absolute Gasteiger partial charge is 0.351 e. The van der Waals surface area contributed by atoms with E-state index in [-0.39, 0.29) is 11.9 Å². The van der Waals surface area contributed by atoms with Crippen LogP contribution < -0.4 is 9.62 Å². The first-order chi connectivity index (χ1) is 10.8. The fourth-order valence-electron chi connectivity index (χ4n) is 2.86. The topological polar surface area (TPSA) is 69.7 Å². The molecular weight excluding hydrogens is 314 g/mol. The molecule has 0 saturated carbocycles. The number of likely N-dealkylation sites (tertiary alicyclic amines) is 1. The highest BCUT2D eigenvalue weighted by Gasteiger charge is 2.30. The van der Waals surface area contributed by atoms with Crippen molar-refractivity contribution >= 4 is 21.6 Å². The molecule has 1 aromatic rings. The van der Waals surface area contributed by atoms with Gasteiger partial charge in [-0.1, -0.05) is 18.2 Å². The summed E-state index contributed by atoms with van der Waals surface area (Å²) in [5.41, 5.74) is 0.501. The number of rotatable bonds is 5. The van der Waals surface area contributed by atoms with Gasteiger partial charge in [0.15, 0.2) is 0 Å². The van der Waals surface area contributed by atoms with Crippen molar-refractivity contribution in [3.8, 4) is 0 Å². The first-order valence-corrected chi connectivity index (χ1v) is 9.67. The summed E-state index contributed by atoms with van der Waals surface area (Å²) in [6.45, 7) is 3.50. The molecule has 1 N–H and O–H groups in total. The summed E-state index contributed by atoms with van der Waals surface area (Å²) in [5.74, 6) is -0.256. The number of hydrogen-bond donors (Lipinski definition) is 1. The lowest BCUT2D eigenvalue weighted by Crippen LogP contribution is -2.52. The van der Waals surface area contributed by atoms with E-state index in [0.717, 1.165) is 32.2 Å². The summed E-state index contributed by atoms with van der Waals surface area (Å²) >= 11 is 0. The molecule has 6 nitrogen and oxygen atoms in total. The lowest BCUT2D eigenvalue weighted by atomic mass is 10.1. The van der Waals surface area contributed by atoms with E-state index in [1.54, 1.807) is 31.2 Å². The van der Waals surface area contributed by atoms with Crippen LogP contribution in [-0.2, 0) is 14.8 Å². The number of amides is 1. The predicted octanol–water partition coefficient (Wildman–Crippen LogP) is 1.05. The van der Waals surface area contributed by atoms with Crippen molar-refractivity contribution in [2.24, 2.45) is 0 Å². The standard InChI is InChI=1S/C16H25N3O3S/c1-13(16(20)17-14-9-11-18(2)12-10-14)19(23(3,21)22)15-7-5-4-6-8-15/h4-8,13-14H,9-12H2,1-3H3,(H,17,20)/t13-/m1/s1. The number of nitrogens with one attached hydrogen (secondary N) is 1. The molecule has 0 spiro atoms. The number of sulfonamides is 1. The van der Waals surface area contributed by atoms with Crippen LogP contribution in [0.4, 0.5) is 5.69 Å². The minimum Gasteiger partial charge on any atom is -0.351 e. The van der Waals surface area contributed by atoms with Crippen molar-refractivity contribution in [3.63, 3.8) is 0 Å². The molecule has 1 fully saturated rings. The Labute approximate surface area is 138 Å². The Kier molecular flexibility index (Phi) is 5.64. The molecule has 1 atom stereocenters. The third-order valence-corrected chi connectivity index (χ3v) is 5.41. The monoisotopic (exact) mass is 339 g/mol. The maximum Gasteiger partial charge on any atom is 0.243 e. The molecule has 1 saturated heterocycles. The summed E-state index contributed by atoms with van der Waals surface area (Å²) in [5, 5.41) is 2.99. The van der Waals surface area contributed by atoms with Crippen molar-refractivity contribution in [2.75, 3.05) is 30.7 Å². The summed E-state index contributed by atoms with van der Waals surface area (Å²) in [7, 11) is -1.49. The van der Waals surface area contributed by atoms with Crippen molar-refractivity contribution < 1.29 is 13.2 Å². The Morgan fingerprint density at radius 3 is 2.35 bits per heavy atom. The molecule has 128 valence electrons. The lowest BCUT2D eigenvalue weighted by Gasteiger charge is -2.32. The number of piperidine rings is 1.